The zero-order valence-corrected chi connectivity index (χ0v) is 16.1. The molecule has 2 nitrogen and oxygen atoms in total. The molecule has 1 fully saturated rings. The normalized spacial score (nSPS) is 17.2. The number of nitrogens with zero attached hydrogens (tertiary/aromatic N) is 1. The molecular weight excluding hydrogens is 358 g/mol. The Morgan fingerprint density at radius 1 is 0.731 bits per heavy atom. The van der Waals surface area contributed by atoms with Gasteiger partial charge < -0.3 is 4.90 Å². The van der Waals surface area contributed by atoms with Crippen molar-refractivity contribution in [2.45, 2.75) is 27.5 Å². The molecule has 0 bridgehead atoms. The van der Waals surface area contributed by atoms with Gasteiger partial charge in [0.05, 0.1) is 32.0 Å². The van der Waals surface area contributed by atoms with Crippen molar-refractivity contribution in [3.63, 3.8) is 0 Å². The maximum absolute atomic E-state index is 13.0. The van der Waals surface area contributed by atoms with Gasteiger partial charge in [-0.3, -0.25) is 0 Å². The van der Waals surface area contributed by atoms with E-state index in [1.54, 1.807) is 0 Å². The summed E-state index contributed by atoms with van der Waals surface area (Å²) in [5, 5.41) is 0. The van der Waals surface area contributed by atoms with E-state index in [9.17, 15) is 4.21 Å². The average molecular weight is 379 g/mol. The van der Waals surface area contributed by atoms with Crippen molar-refractivity contribution < 1.29 is 4.21 Å². The van der Waals surface area contributed by atoms with Gasteiger partial charge in [-0.05, 0) is 61.4 Å². The average Bonchev–Trinajstić information content (AvgIpc) is 3.24. The highest BCUT2D eigenvalue weighted by Gasteiger charge is 2.30. The summed E-state index contributed by atoms with van der Waals surface area (Å²) < 4.78 is 13.0. The van der Waals surface area contributed by atoms with Crippen molar-refractivity contribution in [1.82, 2.24) is 0 Å². The van der Waals surface area contributed by atoms with Gasteiger partial charge in [0.15, 0.2) is 4.90 Å². The third kappa shape index (κ3) is 2.60. The van der Waals surface area contributed by atoms with Gasteiger partial charge in [-0.1, -0.05) is 24.3 Å². The largest absolute Gasteiger partial charge is 0.308 e. The zero-order chi connectivity index (χ0) is 17.5. The number of hydrogen-bond donors (Lipinski definition) is 0. The highest BCUT2D eigenvalue weighted by molar-refractivity contribution is 7.97. The molecule has 2 aliphatic rings. The molecule has 0 aromatic heterocycles. The molecule has 2 aliphatic heterocycles. The van der Waals surface area contributed by atoms with Crippen molar-refractivity contribution in [2.24, 2.45) is 0 Å². The van der Waals surface area contributed by atoms with Gasteiger partial charge >= 0.3 is 0 Å². The number of fused-ring (bicyclic) bond motifs is 2. The van der Waals surface area contributed by atoms with Crippen LogP contribution >= 0.6 is 0 Å². The Morgan fingerprint density at radius 3 is 1.85 bits per heavy atom. The first-order valence-corrected chi connectivity index (χ1v) is 11.7. The summed E-state index contributed by atoms with van der Waals surface area (Å²) in [5.74, 6) is 2.68. The van der Waals surface area contributed by atoms with Crippen molar-refractivity contribution in [3.05, 3.63) is 72.8 Å². The SMILES string of the molecule is O=S1c2ccccc2N(c2ccc([S+]3CCCC3)cc2)c2ccccc21. The van der Waals surface area contributed by atoms with Crippen LogP contribution in [0.5, 0.6) is 0 Å². The molecule has 3 aromatic carbocycles. The summed E-state index contributed by atoms with van der Waals surface area (Å²) >= 11 is 0. The minimum atomic E-state index is -1.13. The molecule has 0 amide bonds. The third-order valence-electron chi connectivity index (χ3n) is 5.07. The molecule has 3 aromatic rings. The molecule has 0 saturated carbocycles. The highest BCUT2D eigenvalue weighted by Crippen LogP contribution is 2.46. The lowest BCUT2D eigenvalue weighted by Gasteiger charge is -2.32. The summed E-state index contributed by atoms with van der Waals surface area (Å²) in [7, 11) is -0.698. The Balaban J connectivity index is 1.62. The first-order chi connectivity index (χ1) is 12.8. The lowest BCUT2D eigenvalue weighted by molar-refractivity contribution is 0.682. The van der Waals surface area contributed by atoms with Crippen molar-refractivity contribution in [2.75, 3.05) is 16.4 Å². The van der Waals surface area contributed by atoms with Gasteiger partial charge in [0.2, 0.25) is 0 Å². The van der Waals surface area contributed by atoms with Crippen LogP contribution in [0.25, 0.3) is 0 Å². The van der Waals surface area contributed by atoms with Crippen molar-refractivity contribution in [1.29, 1.82) is 0 Å². The molecule has 0 radical (unpaired) electrons. The van der Waals surface area contributed by atoms with E-state index in [4.69, 9.17) is 0 Å². The Bertz CT molecular complexity index is 928. The predicted octanol–water partition coefficient (Wildman–Crippen LogP) is 5.41. The monoisotopic (exact) mass is 378 g/mol. The Hall–Kier alpha value is -2.04. The quantitative estimate of drug-likeness (QED) is 0.435. The predicted molar refractivity (Wildman–Crippen MR) is 110 cm³/mol. The standard InChI is InChI=1S/C22H20NOS2/c24-26-21-9-3-1-7-19(21)23(20-8-2-4-10-22(20)26)17-11-13-18(14-12-17)25-15-5-6-16-25/h1-4,7-14H,5-6,15-16H2/q+1. The van der Waals surface area contributed by atoms with E-state index in [-0.39, 0.29) is 0 Å². The lowest BCUT2D eigenvalue weighted by atomic mass is 10.2. The molecule has 0 N–H and O–H groups in total. The van der Waals surface area contributed by atoms with E-state index < -0.39 is 10.8 Å². The number of hydrogen-bond acceptors (Lipinski definition) is 2. The smallest absolute Gasteiger partial charge is 0.155 e. The number of anilines is 3. The second kappa shape index (κ2) is 6.60. The fourth-order valence-electron chi connectivity index (χ4n) is 3.80. The Labute approximate surface area is 159 Å². The first-order valence-electron chi connectivity index (χ1n) is 9.00. The summed E-state index contributed by atoms with van der Waals surface area (Å²) in [6, 6.07) is 25.1. The Kier molecular flexibility index (Phi) is 4.10. The molecule has 0 spiro atoms. The molecular formula is C22H20NOS2+. The Morgan fingerprint density at radius 2 is 1.27 bits per heavy atom. The second-order valence-corrected chi connectivity index (χ2v) is 10.3. The van der Waals surface area contributed by atoms with Crippen LogP contribution in [-0.2, 0) is 21.7 Å². The molecule has 1 saturated heterocycles. The number of para-hydroxylation sites is 2. The second-order valence-electron chi connectivity index (χ2n) is 6.64. The number of rotatable bonds is 2. The van der Waals surface area contributed by atoms with E-state index in [0.29, 0.717) is 10.9 Å². The van der Waals surface area contributed by atoms with E-state index in [2.05, 4.69) is 41.3 Å². The van der Waals surface area contributed by atoms with Crippen LogP contribution in [0.2, 0.25) is 0 Å². The molecule has 2 heterocycles. The van der Waals surface area contributed by atoms with E-state index in [1.165, 1.54) is 29.2 Å². The lowest BCUT2D eigenvalue weighted by Crippen LogP contribution is -2.19. The molecule has 0 aliphatic carbocycles. The van der Waals surface area contributed by atoms with Crippen molar-refractivity contribution >= 4 is 38.8 Å². The van der Waals surface area contributed by atoms with Crippen LogP contribution < -0.4 is 4.90 Å². The van der Waals surface area contributed by atoms with Crippen LogP contribution in [0.4, 0.5) is 17.1 Å². The topological polar surface area (TPSA) is 20.3 Å². The molecule has 0 unspecified atom stereocenters. The van der Waals surface area contributed by atoms with Gasteiger partial charge in [-0.25, -0.2) is 4.21 Å². The van der Waals surface area contributed by atoms with Gasteiger partial charge in [-0.15, -0.1) is 0 Å². The van der Waals surface area contributed by atoms with E-state index >= 15 is 0 Å². The molecule has 4 heteroatoms. The van der Waals surface area contributed by atoms with Crippen molar-refractivity contribution in [3.8, 4) is 0 Å². The van der Waals surface area contributed by atoms with Crippen LogP contribution in [-0.4, -0.2) is 15.7 Å². The van der Waals surface area contributed by atoms with Gasteiger partial charge in [0, 0.05) is 16.6 Å². The minimum absolute atomic E-state index is 0.433. The summed E-state index contributed by atoms with van der Waals surface area (Å²) in [6.45, 7) is 0. The van der Waals surface area contributed by atoms with E-state index in [0.717, 1.165) is 26.9 Å². The number of benzene rings is 3. The summed E-state index contributed by atoms with van der Waals surface area (Å²) in [6.07, 6.45) is 2.73. The third-order valence-corrected chi connectivity index (χ3v) is 9.06. The van der Waals surface area contributed by atoms with Gasteiger partial charge in [-0.2, -0.15) is 0 Å². The fourth-order valence-corrected chi connectivity index (χ4v) is 7.44. The first kappa shape index (κ1) is 16.2. The molecule has 5 rings (SSSR count). The molecule has 26 heavy (non-hydrogen) atoms. The van der Waals surface area contributed by atoms with Gasteiger partial charge in [0.1, 0.15) is 11.5 Å². The van der Waals surface area contributed by atoms with E-state index in [1.807, 2.05) is 36.4 Å². The van der Waals surface area contributed by atoms with Crippen LogP contribution in [0.1, 0.15) is 12.8 Å². The molecule has 130 valence electrons. The summed E-state index contributed by atoms with van der Waals surface area (Å²) in [4.78, 5) is 5.49. The highest BCUT2D eigenvalue weighted by atomic mass is 32.2. The fraction of sp³-hybridized carbons (Fsp3) is 0.182. The summed E-state index contributed by atoms with van der Waals surface area (Å²) in [5.41, 5.74) is 3.16. The minimum Gasteiger partial charge on any atom is -0.308 e. The van der Waals surface area contributed by atoms with Crippen LogP contribution in [0, 0.1) is 0 Å². The van der Waals surface area contributed by atoms with Crippen LogP contribution in [0.15, 0.2) is 87.5 Å². The maximum Gasteiger partial charge on any atom is 0.155 e. The maximum atomic E-state index is 13.0. The van der Waals surface area contributed by atoms with Gasteiger partial charge in [0.25, 0.3) is 0 Å². The van der Waals surface area contributed by atoms with Crippen LogP contribution in [0.3, 0.4) is 0 Å². The zero-order valence-electron chi connectivity index (χ0n) is 14.4. The molecule has 0 atom stereocenters.